The van der Waals surface area contributed by atoms with Crippen LogP contribution in [-0.2, 0) is 21.1 Å². The molecule has 0 aliphatic carbocycles. The summed E-state index contributed by atoms with van der Waals surface area (Å²) in [4.78, 5) is 13.9. The molecule has 0 unspecified atom stereocenters. The van der Waals surface area contributed by atoms with Crippen LogP contribution >= 0.6 is 0 Å². The van der Waals surface area contributed by atoms with Crippen LogP contribution in [0.25, 0.3) is 0 Å². The second kappa shape index (κ2) is 7.78. The molecule has 1 atom stereocenters. The Morgan fingerprint density at radius 1 is 1.48 bits per heavy atom. The van der Waals surface area contributed by atoms with Gasteiger partial charge in [0.15, 0.2) is 9.84 Å². The predicted octanol–water partition coefficient (Wildman–Crippen LogP) is 0.421. The highest BCUT2D eigenvalue weighted by atomic mass is 32.2. The molecule has 8 nitrogen and oxygen atoms in total. The van der Waals surface area contributed by atoms with Crippen LogP contribution in [0.4, 0.5) is 4.79 Å². The third-order valence-corrected chi connectivity index (χ3v) is 5.41. The molecule has 0 bridgehead atoms. The fourth-order valence-electron chi connectivity index (χ4n) is 2.53. The standard InChI is InChI=1S/C14H24N4O4S/c1-3-17-10-12(9-16-17)13-11-23(20,21)8-6-18(13)14(19)15-5-7-22-4-2/h9-10,13H,3-8,11H2,1-2H3,(H,15,19)/t13-/m1/s1. The Bertz CT molecular complexity index is 628. The summed E-state index contributed by atoms with van der Waals surface area (Å²) in [5.74, 6) is -0.0778. The van der Waals surface area contributed by atoms with Crippen LogP contribution in [0.2, 0.25) is 0 Å². The molecule has 0 aromatic carbocycles. The van der Waals surface area contributed by atoms with Gasteiger partial charge in [-0.2, -0.15) is 5.10 Å². The van der Waals surface area contributed by atoms with Gasteiger partial charge in [-0.15, -0.1) is 0 Å². The Hall–Kier alpha value is -1.61. The van der Waals surface area contributed by atoms with E-state index in [0.29, 0.717) is 26.3 Å². The minimum absolute atomic E-state index is 0.00963. The highest BCUT2D eigenvalue weighted by Crippen LogP contribution is 2.26. The number of aromatic nitrogens is 2. The second-order valence-corrected chi connectivity index (χ2v) is 7.61. The molecular formula is C14H24N4O4S. The summed E-state index contributed by atoms with van der Waals surface area (Å²) in [6.45, 7) is 6.15. The maximum Gasteiger partial charge on any atom is 0.318 e. The van der Waals surface area contributed by atoms with Gasteiger partial charge in [0.1, 0.15) is 0 Å². The zero-order valence-corrected chi connectivity index (χ0v) is 14.4. The summed E-state index contributed by atoms with van der Waals surface area (Å²) in [5.41, 5.74) is 0.745. The topological polar surface area (TPSA) is 93.5 Å². The van der Waals surface area contributed by atoms with Crippen LogP contribution in [0, 0.1) is 0 Å². The minimum atomic E-state index is -3.16. The lowest BCUT2D eigenvalue weighted by atomic mass is 10.1. The van der Waals surface area contributed by atoms with Gasteiger partial charge in [-0.05, 0) is 13.8 Å². The Morgan fingerprint density at radius 2 is 2.26 bits per heavy atom. The second-order valence-electron chi connectivity index (χ2n) is 5.38. The molecule has 1 aliphatic rings. The van der Waals surface area contributed by atoms with E-state index in [2.05, 4.69) is 10.4 Å². The fraction of sp³-hybridized carbons (Fsp3) is 0.714. The number of amides is 2. The highest BCUT2D eigenvalue weighted by molar-refractivity contribution is 7.91. The van der Waals surface area contributed by atoms with E-state index in [9.17, 15) is 13.2 Å². The summed E-state index contributed by atoms with van der Waals surface area (Å²) >= 11 is 0. The van der Waals surface area contributed by atoms with Crippen LogP contribution in [0.1, 0.15) is 25.5 Å². The first-order chi connectivity index (χ1) is 11.0. The minimum Gasteiger partial charge on any atom is -0.380 e. The molecule has 1 aromatic heterocycles. The van der Waals surface area contributed by atoms with Crippen LogP contribution in [0.5, 0.6) is 0 Å². The molecule has 2 heterocycles. The van der Waals surface area contributed by atoms with Crippen molar-refractivity contribution < 1.29 is 17.9 Å². The summed E-state index contributed by atoms with van der Waals surface area (Å²) in [6.07, 6.45) is 3.43. The van der Waals surface area contributed by atoms with E-state index in [0.717, 1.165) is 5.56 Å². The third kappa shape index (κ3) is 4.68. The number of rotatable bonds is 6. The normalized spacial score (nSPS) is 20.4. The van der Waals surface area contributed by atoms with E-state index >= 15 is 0 Å². The third-order valence-electron chi connectivity index (χ3n) is 3.78. The highest BCUT2D eigenvalue weighted by Gasteiger charge is 2.35. The molecule has 1 saturated heterocycles. The molecule has 2 amide bonds. The summed E-state index contributed by atoms with van der Waals surface area (Å²) < 4.78 is 30.9. The number of aryl methyl sites for hydroxylation is 1. The molecule has 130 valence electrons. The van der Waals surface area contributed by atoms with E-state index in [1.807, 2.05) is 13.8 Å². The van der Waals surface area contributed by atoms with Crippen molar-refractivity contribution in [2.45, 2.75) is 26.4 Å². The summed E-state index contributed by atoms with van der Waals surface area (Å²) in [7, 11) is -3.16. The molecule has 1 fully saturated rings. The van der Waals surface area contributed by atoms with Crippen molar-refractivity contribution in [2.24, 2.45) is 0 Å². The molecule has 1 aliphatic heterocycles. The molecule has 0 spiro atoms. The van der Waals surface area contributed by atoms with Gasteiger partial charge in [0, 0.05) is 38.0 Å². The Balaban J connectivity index is 2.10. The number of nitrogens with one attached hydrogen (secondary N) is 1. The number of carbonyl (C=O) groups is 1. The Labute approximate surface area is 136 Å². The predicted molar refractivity (Wildman–Crippen MR) is 85.9 cm³/mol. The van der Waals surface area contributed by atoms with Gasteiger partial charge in [-0.25, -0.2) is 13.2 Å². The average Bonchev–Trinajstić information content (AvgIpc) is 2.99. The SMILES string of the molecule is CCOCCNC(=O)N1CCS(=O)(=O)C[C@@H]1c1cnn(CC)c1. The molecule has 0 saturated carbocycles. The lowest BCUT2D eigenvalue weighted by Gasteiger charge is -2.34. The van der Waals surface area contributed by atoms with Crippen LogP contribution in [0.15, 0.2) is 12.4 Å². The van der Waals surface area contributed by atoms with Gasteiger partial charge >= 0.3 is 6.03 Å². The lowest BCUT2D eigenvalue weighted by Crippen LogP contribution is -2.50. The number of nitrogens with zero attached hydrogens (tertiary/aromatic N) is 3. The number of hydrogen-bond acceptors (Lipinski definition) is 5. The smallest absolute Gasteiger partial charge is 0.318 e. The van der Waals surface area contributed by atoms with Gasteiger partial charge in [0.2, 0.25) is 0 Å². The molecule has 2 rings (SSSR count). The largest absolute Gasteiger partial charge is 0.380 e. The molecular weight excluding hydrogens is 320 g/mol. The fourth-order valence-corrected chi connectivity index (χ4v) is 4.02. The van der Waals surface area contributed by atoms with Crippen LogP contribution in [0.3, 0.4) is 0 Å². The first kappa shape index (κ1) is 17.7. The molecule has 23 heavy (non-hydrogen) atoms. The first-order valence-electron chi connectivity index (χ1n) is 7.81. The number of urea groups is 1. The number of ether oxygens (including phenoxy) is 1. The summed E-state index contributed by atoms with van der Waals surface area (Å²) in [5, 5.41) is 6.96. The van der Waals surface area contributed by atoms with Crippen molar-refractivity contribution in [3.05, 3.63) is 18.0 Å². The van der Waals surface area contributed by atoms with Crippen molar-refractivity contribution in [2.75, 3.05) is 37.8 Å². The van der Waals surface area contributed by atoms with Gasteiger partial charge in [0.25, 0.3) is 0 Å². The number of sulfone groups is 1. The van der Waals surface area contributed by atoms with E-state index < -0.39 is 15.9 Å². The van der Waals surface area contributed by atoms with Crippen molar-refractivity contribution in [1.82, 2.24) is 20.0 Å². The van der Waals surface area contributed by atoms with Crippen LogP contribution < -0.4 is 5.32 Å². The van der Waals surface area contributed by atoms with Gasteiger partial charge in [0.05, 0.1) is 30.4 Å². The van der Waals surface area contributed by atoms with Crippen molar-refractivity contribution >= 4 is 15.9 Å². The number of carbonyl (C=O) groups excluding carboxylic acids is 1. The zero-order valence-electron chi connectivity index (χ0n) is 13.6. The molecule has 1 aromatic rings. The van der Waals surface area contributed by atoms with E-state index in [1.54, 1.807) is 22.0 Å². The van der Waals surface area contributed by atoms with Gasteiger partial charge in [-0.1, -0.05) is 0 Å². The zero-order chi connectivity index (χ0) is 16.9. The lowest BCUT2D eigenvalue weighted by molar-refractivity contribution is 0.142. The van der Waals surface area contributed by atoms with Crippen LogP contribution in [-0.4, -0.2) is 66.9 Å². The van der Waals surface area contributed by atoms with Gasteiger partial charge in [-0.3, -0.25) is 4.68 Å². The van der Waals surface area contributed by atoms with Crippen molar-refractivity contribution in [1.29, 1.82) is 0 Å². The average molecular weight is 344 g/mol. The molecule has 9 heteroatoms. The quantitative estimate of drug-likeness (QED) is 0.755. The van der Waals surface area contributed by atoms with Crippen molar-refractivity contribution in [3.8, 4) is 0 Å². The monoisotopic (exact) mass is 344 g/mol. The summed E-state index contributed by atoms with van der Waals surface area (Å²) in [6, 6.07) is -0.769. The van der Waals surface area contributed by atoms with Crippen molar-refractivity contribution in [3.63, 3.8) is 0 Å². The van der Waals surface area contributed by atoms with Gasteiger partial charge < -0.3 is 15.0 Å². The van der Waals surface area contributed by atoms with E-state index in [-0.39, 0.29) is 24.1 Å². The maximum atomic E-state index is 12.4. The maximum absolute atomic E-state index is 12.4. The Morgan fingerprint density at radius 3 is 2.91 bits per heavy atom. The molecule has 1 N–H and O–H groups in total. The molecule has 0 radical (unpaired) electrons. The first-order valence-corrected chi connectivity index (χ1v) is 9.64. The number of hydrogen-bond donors (Lipinski definition) is 1. The van der Waals surface area contributed by atoms with E-state index in [1.165, 1.54) is 0 Å². The van der Waals surface area contributed by atoms with E-state index in [4.69, 9.17) is 4.74 Å². The Kier molecular flexibility index (Phi) is 6.00.